The second kappa shape index (κ2) is 13.1. The predicted octanol–water partition coefficient (Wildman–Crippen LogP) is 4.36. The summed E-state index contributed by atoms with van der Waals surface area (Å²) in [7, 11) is 0. The first kappa shape index (κ1) is 17.6. The third-order valence-electron chi connectivity index (χ3n) is 2.72. The van der Waals surface area contributed by atoms with Crippen molar-refractivity contribution < 1.29 is 9.21 Å². The van der Waals surface area contributed by atoms with E-state index in [0.29, 0.717) is 5.78 Å². The molecule has 0 N–H and O–H groups in total. The van der Waals surface area contributed by atoms with E-state index < -0.39 is 0 Å². The molecule has 1 aromatic rings. The summed E-state index contributed by atoms with van der Waals surface area (Å²) in [5.74, 6) is 0.469. The van der Waals surface area contributed by atoms with E-state index in [0.717, 1.165) is 25.7 Å². The largest absolute Gasteiger partial charge is 0.431 e. The minimum Gasteiger partial charge on any atom is -0.431 e. The van der Waals surface area contributed by atoms with Gasteiger partial charge in [0.15, 0.2) is 0 Å². The Bertz CT molecular complexity index is 339. The Morgan fingerprint density at radius 1 is 1.00 bits per heavy atom. The van der Waals surface area contributed by atoms with Crippen molar-refractivity contribution in [2.45, 2.75) is 65.2 Å². The van der Waals surface area contributed by atoms with Crippen molar-refractivity contribution in [3.63, 3.8) is 0 Å². The van der Waals surface area contributed by atoms with Crippen molar-refractivity contribution in [2.75, 3.05) is 0 Å². The van der Waals surface area contributed by atoms with Gasteiger partial charge in [0.1, 0.15) is 5.78 Å². The summed E-state index contributed by atoms with van der Waals surface area (Å²) in [4.78, 5) is 21.3. The van der Waals surface area contributed by atoms with Crippen molar-refractivity contribution in [3.05, 3.63) is 34.9 Å². The zero-order chi connectivity index (χ0) is 14.3. The molecule has 108 valence electrons. The van der Waals surface area contributed by atoms with Gasteiger partial charge in [-0.1, -0.05) is 45.6 Å². The van der Waals surface area contributed by atoms with Gasteiger partial charge in [0.2, 0.25) is 0 Å². The summed E-state index contributed by atoms with van der Waals surface area (Å²) in [6.07, 6.45) is 10.0. The van der Waals surface area contributed by atoms with Gasteiger partial charge in [0.25, 0.3) is 0 Å². The van der Waals surface area contributed by atoms with Gasteiger partial charge >= 0.3 is 5.63 Å². The maximum atomic E-state index is 11.2. The molecule has 0 aliphatic rings. The molecule has 0 saturated heterocycles. The van der Waals surface area contributed by atoms with Crippen LogP contribution in [0.3, 0.4) is 0 Å². The third-order valence-corrected chi connectivity index (χ3v) is 2.72. The average molecular weight is 266 g/mol. The lowest BCUT2D eigenvalue weighted by molar-refractivity contribution is -0.119. The van der Waals surface area contributed by atoms with Crippen molar-refractivity contribution in [2.24, 2.45) is 0 Å². The first-order valence-corrected chi connectivity index (χ1v) is 7.26. The molecule has 1 rings (SSSR count). The summed E-state index contributed by atoms with van der Waals surface area (Å²) in [6.45, 7) is 4.34. The number of hydrogen-bond acceptors (Lipinski definition) is 3. The Hall–Kier alpha value is -1.38. The lowest BCUT2D eigenvalue weighted by Gasteiger charge is -1.98. The van der Waals surface area contributed by atoms with E-state index in [1.165, 1.54) is 38.0 Å². The first-order chi connectivity index (χ1) is 9.20. The number of carbonyl (C=O) groups excluding carboxylic acids is 1. The van der Waals surface area contributed by atoms with Gasteiger partial charge in [-0.3, -0.25) is 4.79 Å². The second-order valence-electron chi connectivity index (χ2n) is 4.58. The number of Topliss-reactive ketones (excluding diaryl/α,β-unsaturated/α-hetero) is 1. The van der Waals surface area contributed by atoms with Gasteiger partial charge in [0.05, 0.1) is 6.26 Å². The molecular formula is C16H26O3. The molecule has 0 atom stereocenters. The second-order valence-corrected chi connectivity index (χ2v) is 4.58. The first-order valence-electron chi connectivity index (χ1n) is 7.26. The minimum absolute atomic E-state index is 0.303. The van der Waals surface area contributed by atoms with Crippen LogP contribution in [0.15, 0.2) is 33.7 Å². The normalized spacial score (nSPS) is 9.58. The molecule has 0 aromatic carbocycles. The summed E-state index contributed by atoms with van der Waals surface area (Å²) in [6, 6.07) is 4.65. The van der Waals surface area contributed by atoms with E-state index in [4.69, 9.17) is 0 Å². The summed E-state index contributed by atoms with van der Waals surface area (Å²) >= 11 is 0. The van der Waals surface area contributed by atoms with Crippen LogP contribution in [0.2, 0.25) is 0 Å². The fourth-order valence-electron chi connectivity index (χ4n) is 1.59. The molecular weight excluding hydrogens is 240 g/mol. The molecule has 3 heteroatoms. The predicted molar refractivity (Wildman–Crippen MR) is 78.3 cm³/mol. The van der Waals surface area contributed by atoms with E-state index in [-0.39, 0.29) is 5.63 Å². The fourth-order valence-corrected chi connectivity index (χ4v) is 1.59. The standard InChI is InChI=1S/C11H22O.C5H4O2/c1-3-5-7-9-11(12)10-8-6-4-2;6-5-3-1-2-4-7-5/h3-10H2,1-2H3;1-4H. The van der Waals surface area contributed by atoms with Crippen molar-refractivity contribution in [3.8, 4) is 0 Å². The maximum Gasteiger partial charge on any atom is 0.335 e. The summed E-state index contributed by atoms with van der Waals surface area (Å²) < 4.78 is 4.37. The number of ketones is 1. The lowest BCUT2D eigenvalue weighted by atomic mass is 10.1. The fraction of sp³-hybridized carbons (Fsp3) is 0.625. The van der Waals surface area contributed by atoms with Gasteiger partial charge in [-0.25, -0.2) is 4.79 Å². The van der Waals surface area contributed by atoms with Crippen LogP contribution in [0, 0.1) is 0 Å². The zero-order valence-corrected chi connectivity index (χ0v) is 12.2. The van der Waals surface area contributed by atoms with Crippen LogP contribution in [0.1, 0.15) is 65.2 Å². The van der Waals surface area contributed by atoms with Crippen molar-refractivity contribution >= 4 is 5.78 Å². The Morgan fingerprint density at radius 2 is 1.58 bits per heavy atom. The highest BCUT2D eigenvalue weighted by Gasteiger charge is 1.99. The molecule has 1 heterocycles. The number of unbranched alkanes of at least 4 members (excludes halogenated alkanes) is 4. The minimum atomic E-state index is -0.303. The monoisotopic (exact) mass is 266 g/mol. The molecule has 0 fully saturated rings. The van der Waals surface area contributed by atoms with E-state index in [1.807, 2.05) is 0 Å². The number of carbonyl (C=O) groups is 1. The Labute approximate surface area is 116 Å². The van der Waals surface area contributed by atoms with E-state index in [1.54, 1.807) is 12.1 Å². The maximum absolute atomic E-state index is 11.2. The molecule has 0 radical (unpaired) electrons. The quantitative estimate of drug-likeness (QED) is 0.657. The third kappa shape index (κ3) is 12.9. The highest BCUT2D eigenvalue weighted by atomic mass is 16.4. The van der Waals surface area contributed by atoms with Crippen LogP contribution in [-0.4, -0.2) is 5.78 Å². The molecule has 0 aliphatic heterocycles. The highest BCUT2D eigenvalue weighted by Crippen LogP contribution is 2.05. The van der Waals surface area contributed by atoms with Crippen molar-refractivity contribution in [1.29, 1.82) is 0 Å². The van der Waals surface area contributed by atoms with Crippen LogP contribution < -0.4 is 5.63 Å². The van der Waals surface area contributed by atoms with Gasteiger partial charge in [-0.2, -0.15) is 0 Å². The summed E-state index contributed by atoms with van der Waals surface area (Å²) in [5, 5.41) is 0. The van der Waals surface area contributed by atoms with E-state index in [2.05, 4.69) is 18.3 Å². The molecule has 3 nitrogen and oxygen atoms in total. The smallest absolute Gasteiger partial charge is 0.335 e. The molecule has 0 saturated carbocycles. The molecule has 0 unspecified atom stereocenters. The van der Waals surface area contributed by atoms with E-state index in [9.17, 15) is 9.59 Å². The molecule has 1 aromatic heterocycles. The van der Waals surface area contributed by atoms with E-state index >= 15 is 0 Å². The van der Waals surface area contributed by atoms with Crippen LogP contribution in [-0.2, 0) is 4.79 Å². The lowest BCUT2D eigenvalue weighted by Crippen LogP contribution is -1.96. The van der Waals surface area contributed by atoms with Gasteiger partial charge < -0.3 is 4.42 Å². The Morgan fingerprint density at radius 3 is 1.89 bits per heavy atom. The highest BCUT2D eigenvalue weighted by molar-refractivity contribution is 5.78. The van der Waals surface area contributed by atoms with Gasteiger partial charge in [-0.05, 0) is 18.9 Å². The summed E-state index contributed by atoms with van der Waals surface area (Å²) in [5.41, 5.74) is -0.303. The molecule has 0 amide bonds. The topological polar surface area (TPSA) is 47.3 Å². The zero-order valence-electron chi connectivity index (χ0n) is 12.2. The molecule has 0 spiro atoms. The molecule has 0 bridgehead atoms. The Kier molecular flexibility index (Phi) is 12.1. The van der Waals surface area contributed by atoms with Gasteiger partial charge in [0, 0.05) is 18.9 Å². The molecule has 0 aliphatic carbocycles. The van der Waals surface area contributed by atoms with Gasteiger partial charge in [-0.15, -0.1) is 0 Å². The average Bonchev–Trinajstić information content (AvgIpc) is 2.41. The number of hydrogen-bond donors (Lipinski definition) is 0. The Balaban J connectivity index is 0.000000388. The van der Waals surface area contributed by atoms with Crippen molar-refractivity contribution in [1.82, 2.24) is 0 Å². The molecule has 19 heavy (non-hydrogen) atoms. The SMILES string of the molecule is CCCCCC(=O)CCCCC.O=c1cccco1. The number of rotatable bonds is 8. The van der Waals surface area contributed by atoms with Crippen LogP contribution in [0.4, 0.5) is 0 Å². The van der Waals surface area contributed by atoms with Crippen LogP contribution in [0.25, 0.3) is 0 Å². The van der Waals surface area contributed by atoms with Crippen LogP contribution in [0.5, 0.6) is 0 Å². The van der Waals surface area contributed by atoms with Crippen LogP contribution >= 0.6 is 0 Å².